The second kappa shape index (κ2) is 8.62. The van der Waals surface area contributed by atoms with Gasteiger partial charge in [0.2, 0.25) is 0 Å². The van der Waals surface area contributed by atoms with Gasteiger partial charge in [-0.05, 0) is 36.8 Å². The Hall–Kier alpha value is -2.92. The first-order valence-corrected chi connectivity index (χ1v) is 10.1. The summed E-state index contributed by atoms with van der Waals surface area (Å²) in [5.41, 5.74) is 3.21. The second-order valence-electron chi connectivity index (χ2n) is 7.46. The van der Waals surface area contributed by atoms with E-state index in [0.29, 0.717) is 13.1 Å². The summed E-state index contributed by atoms with van der Waals surface area (Å²) in [4.78, 5) is 18.6. The van der Waals surface area contributed by atoms with Gasteiger partial charge in [0, 0.05) is 50.2 Å². The topological polar surface area (TPSA) is 51.7 Å². The van der Waals surface area contributed by atoms with Crippen molar-refractivity contribution < 1.29 is 14.3 Å². The molecule has 1 aliphatic rings. The fraction of sp³-hybridized carbons (Fsp3) is 0.333. The first-order chi connectivity index (χ1) is 14.1. The number of amides is 1. The minimum atomic E-state index is -0.385. The van der Waals surface area contributed by atoms with Gasteiger partial charge >= 0.3 is 0 Å². The third kappa shape index (κ3) is 4.40. The van der Waals surface area contributed by atoms with Gasteiger partial charge in [-0.3, -0.25) is 9.78 Å². The molecule has 29 heavy (non-hydrogen) atoms. The number of para-hydroxylation sites is 1. The van der Waals surface area contributed by atoms with Gasteiger partial charge in [-0.1, -0.05) is 30.3 Å². The van der Waals surface area contributed by atoms with Crippen LogP contribution >= 0.6 is 0 Å². The predicted molar refractivity (Wildman–Crippen MR) is 114 cm³/mol. The van der Waals surface area contributed by atoms with Gasteiger partial charge in [0.1, 0.15) is 18.0 Å². The normalized spacial score (nSPS) is 16.0. The van der Waals surface area contributed by atoms with Gasteiger partial charge in [-0.15, -0.1) is 0 Å². The van der Waals surface area contributed by atoms with Crippen molar-refractivity contribution in [3.63, 3.8) is 0 Å². The largest absolute Gasteiger partial charge is 0.490 e. The van der Waals surface area contributed by atoms with Crippen molar-refractivity contribution in [3.05, 3.63) is 60.8 Å². The van der Waals surface area contributed by atoms with E-state index in [2.05, 4.69) is 29.2 Å². The summed E-state index contributed by atoms with van der Waals surface area (Å²) >= 11 is 0. The summed E-state index contributed by atoms with van der Waals surface area (Å²) in [7, 11) is 1.57. The average Bonchev–Trinajstić information content (AvgIpc) is 2.79. The molecule has 5 heteroatoms. The lowest BCUT2D eigenvalue weighted by atomic mass is 10.0. The lowest BCUT2D eigenvalue weighted by Crippen LogP contribution is -2.45. The molecule has 1 atom stereocenters. The Bertz CT molecular complexity index is 979. The van der Waals surface area contributed by atoms with E-state index in [1.54, 1.807) is 14.0 Å². The molecule has 0 N–H and O–H groups in total. The number of pyridine rings is 1. The van der Waals surface area contributed by atoms with E-state index >= 15 is 0 Å². The molecular weight excluding hydrogens is 364 g/mol. The number of aromatic nitrogens is 1. The Morgan fingerprint density at radius 3 is 2.52 bits per heavy atom. The van der Waals surface area contributed by atoms with E-state index in [9.17, 15) is 4.79 Å². The molecule has 0 saturated carbocycles. The number of piperidine rings is 1. The number of nitrogens with zero attached hydrogens (tertiary/aromatic N) is 2. The van der Waals surface area contributed by atoms with Crippen LogP contribution in [-0.4, -0.2) is 48.2 Å². The SMILES string of the molecule is COC(C)C(=O)N1CCC(Oc2ccc(-c3cnc4ccccc4c3)cc2)CC1. The number of ether oxygens (including phenoxy) is 2. The fourth-order valence-electron chi connectivity index (χ4n) is 3.70. The number of benzene rings is 2. The molecule has 1 fully saturated rings. The third-order valence-electron chi connectivity index (χ3n) is 5.54. The van der Waals surface area contributed by atoms with Crippen LogP contribution in [0.1, 0.15) is 19.8 Å². The Kier molecular flexibility index (Phi) is 5.76. The Labute approximate surface area is 171 Å². The van der Waals surface area contributed by atoms with Crippen molar-refractivity contribution in [2.75, 3.05) is 20.2 Å². The van der Waals surface area contributed by atoms with Crippen LogP contribution in [0.2, 0.25) is 0 Å². The van der Waals surface area contributed by atoms with Crippen LogP contribution < -0.4 is 4.74 Å². The third-order valence-corrected chi connectivity index (χ3v) is 5.54. The summed E-state index contributed by atoms with van der Waals surface area (Å²) in [5.74, 6) is 0.914. The van der Waals surface area contributed by atoms with Crippen molar-refractivity contribution in [2.45, 2.75) is 32.0 Å². The number of hydrogen-bond donors (Lipinski definition) is 0. The monoisotopic (exact) mass is 390 g/mol. The molecule has 0 bridgehead atoms. The first-order valence-electron chi connectivity index (χ1n) is 10.1. The van der Waals surface area contributed by atoms with Crippen molar-refractivity contribution in [1.29, 1.82) is 0 Å². The molecule has 0 aliphatic carbocycles. The lowest BCUT2D eigenvalue weighted by molar-refractivity contribution is -0.142. The fourth-order valence-corrected chi connectivity index (χ4v) is 3.70. The summed E-state index contributed by atoms with van der Waals surface area (Å²) in [6.45, 7) is 3.20. The predicted octanol–water partition coefficient (Wildman–Crippen LogP) is 4.31. The highest BCUT2D eigenvalue weighted by Gasteiger charge is 2.26. The number of rotatable bonds is 5. The van der Waals surface area contributed by atoms with E-state index in [-0.39, 0.29) is 18.1 Å². The van der Waals surface area contributed by atoms with Gasteiger partial charge in [-0.25, -0.2) is 0 Å². The molecule has 2 heterocycles. The maximum atomic E-state index is 12.2. The maximum Gasteiger partial charge on any atom is 0.251 e. The van der Waals surface area contributed by atoms with Gasteiger partial charge in [0.25, 0.3) is 5.91 Å². The standard InChI is InChI=1S/C24H26N2O3/c1-17(28-2)24(27)26-13-11-22(12-14-26)29-21-9-7-18(8-10-21)20-15-19-5-3-4-6-23(19)25-16-20/h3-10,15-17,22H,11-14H2,1-2H3. The molecule has 1 unspecified atom stereocenters. The zero-order valence-corrected chi connectivity index (χ0v) is 16.9. The molecule has 150 valence electrons. The maximum absolute atomic E-state index is 12.2. The van der Waals surface area contributed by atoms with Crippen LogP contribution in [0.4, 0.5) is 0 Å². The van der Waals surface area contributed by atoms with Crippen LogP contribution in [0.5, 0.6) is 5.75 Å². The molecule has 3 aromatic rings. The zero-order chi connectivity index (χ0) is 20.2. The quantitative estimate of drug-likeness (QED) is 0.652. The van der Waals surface area contributed by atoms with Crippen molar-refractivity contribution >= 4 is 16.8 Å². The number of hydrogen-bond acceptors (Lipinski definition) is 4. The summed E-state index contributed by atoms with van der Waals surface area (Å²) in [5, 5.41) is 1.13. The number of carbonyl (C=O) groups is 1. The number of carbonyl (C=O) groups excluding carboxylic acids is 1. The Morgan fingerprint density at radius 2 is 1.79 bits per heavy atom. The van der Waals surface area contributed by atoms with Crippen LogP contribution in [0.15, 0.2) is 60.8 Å². The van der Waals surface area contributed by atoms with Crippen molar-refractivity contribution in [1.82, 2.24) is 9.88 Å². The molecule has 1 aromatic heterocycles. The van der Waals surface area contributed by atoms with Crippen molar-refractivity contribution in [2.24, 2.45) is 0 Å². The Morgan fingerprint density at radius 1 is 1.07 bits per heavy atom. The minimum Gasteiger partial charge on any atom is -0.490 e. The van der Waals surface area contributed by atoms with Gasteiger partial charge in [0.15, 0.2) is 0 Å². The highest BCUT2D eigenvalue weighted by atomic mass is 16.5. The molecule has 4 rings (SSSR count). The van der Waals surface area contributed by atoms with E-state index in [1.807, 2.05) is 41.4 Å². The molecule has 1 amide bonds. The lowest BCUT2D eigenvalue weighted by Gasteiger charge is -2.33. The van der Waals surface area contributed by atoms with Gasteiger partial charge < -0.3 is 14.4 Å². The smallest absolute Gasteiger partial charge is 0.251 e. The number of methoxy groups -OCH3 is 1. The molecule has 5 nitrogen and oxygen atoms in total. The highest BCUT2D eigenvalue weighted by molar-refractivity contribution is 5.83. The zero-order valence-electron chi connectivity index (χ0n) is 16.9. The molecular formula is C24H26N2O3. The molecule has 1 aliphatic heterocycles. The summed E-state index contributed by atoms with van der Waals surface area (Å²) < 4.78 is 11.3. The van der Waals surface area contributed by atoms with E-state index in [0.717, 1.165) is 40.6 Å². The van der Waals surface area contributed by atoms with Crippen LogP contribution in [0.3, 0.4) is 0 Å². The summed E-state index contributed by atoms with van der Waals surface area (Å²) in [6, 6.07) is 18.4. The average molecular weight is 390 g/mol. The van der Waals surface area contributed by atoms with E-state index < -0.39 is 0 Å². The van der Waals surface area contributed by atoms with Crippen molar-refractivity contribution in [3.8, 4) is 16.9 Å². The van der Waals surface area contributed by atoms with Gasteiger partial charge in [-0.2, -0.15) is 0 Å². The summed E-state index contributed by atoms with van der Waals surface area (Å²) in [6.07, 6.45) is 3.32. The first kappa shape index (κ1) is 19.4. The molecule has 0 radical (unpaired) electrons. The number of likely N-dealkylation sites (tertiary alicyclic amines) is 1. The highest BCUT2D eigenvalue weighted by Crippen LogP contribution is 2.26. The van der Waals surface area contributed by atoms with Crippen LogP contribution in [-0.2, 0) is 9.53 Å². The van der Waals surface area contributed by atoms with Crippen LogP contribution in [0, 0.1) is 0 Å². The second-order valence-corrected chi connectivity index (χ2v) is 7.46. The minimum absolute atomic E-state index is 0.0549. The van der Waals surface area contributed by atoms with Gasteiger partial charge in [0.05, 0.1) is 5.52 Å². The molecule has 0 spiro atoms. The van der Waals surface area contributed by atoms with E-state index in [1.165, 1.54) is 0 Å². The van der Waals surface area contributed by atoms with E-state index in [4.69, 9.17) is 9.47 Å². The van der Waals surface area contributed by atoms with Crippen LogP contribution in [0.25, 0.3) is 22.0 Å². The number of fused-ring (bicyclic) bond motifs is 1. The molecule has 1 saturated heterocycles. The Balaban J connectivity index is 1.37. The molecule has 2 aromatic carbocycles.